The van der Waals surface area contributed by atoms with Gasteiger partial charge in [-0.2, -0.15) is 0 Å². The summed E-state index contributed by atoms with van der Waals surface area (Å²) in [7, 11) is 0. The first-order valence-corrected chi connectivity index (χ1v) is 8.90. The Morgan fingerprint density at radius 1 is 1.10 bits per heavy atom. The number of benzene rings is 1. The molecular formula is C18H25NS. The molecule has 2 aromatic rings. The van der Waals surface area contributed by atoms with E-state index in [1.165, 1.54) is 54.3 Å². The van der Waals surface area contributed by atoms with Crippen molar-refractivity contribution in [2.45, 2.75) is 45.6 Å². The van der Waals surface area contributed by atoms with Gasteiger partial charge in [0.15, 0.2) is 0 Å². The average molecular weight is 287 g/mol. The van der Waals surface area contributed by atoms with Gasteiger partial charge in [-0.1, -0.05) is 44.4 Å². The highest BCUT2D eigenvalue weighted by Crippen LogP contribution is 2.30. The molecule has 0 amide bonds. The van der Waals surface area contributed by atoms with Crippen molar-refractivity contribution in [1.82, 2.24) is 5.32 Å². The molecule has 1 saturated carbocycles. The second kappa shape index (κ2) is 6.73. The Morgan fingerprint density at radius 3 is 2.65 bits per heavy atom. The van der Waals surface area contributed by atoms with Gasteiger partial charge in [-0.3, -0.25) is 0 Å². The Labute approximate surface area is 126 Å². The molecule has 0 saturated heterocycles. The van der Waals surface area contributed by atoms with Gasteiger partial charge in [0.2, 0.25) is 0 Å². The monoisotopic (exact) mass is 287 g/mol. The van der Waals surface area contributed by atoms with Crippen molar-refractivity contribution < 1.29 is 0 Å². The maximum atomic E-state index is 3.69. The SMILES string of the molecule is CCC1CCC(CNCc2csc3ccccc23)CC1. The Balaban J connectivity index is 1.48. The topological polar surface area (TPSA) is 12.0 Å². The summed E-state index contributed by atoms with van der Waals surface area (Å²) in [6.07, 6.45) is 7.13. The van der Waals surface area contributed by atoms with Crippen molar-refractivity contribution in [3.63, 3.8) is 0 Å². The van der Waals surface area contributed by atoms with Gasteiger partial charge in [-0.15, -0.1) is 11.3 Å². The van der Waals surface area contributed by atoms with Crippen molar-refractivity contribution in [3.8, 4) is 0 Å². The van der Waals surface area contributed by atoms with Crippen molar-refractivity contribution in [1.29, 1.82) is 0 Å². The molecule has 0 unspecified atom stereocenters. The second-order valence-electron chi connectivity index (χ2n) is 6.18. The van der Waals surface area contributed by atoms with E-state index in [1.54, 1.807) is 0 Å². The highest BCUT2D eigenvalue weighted by atomic mass is 32.1. The summed E-state index contributed by atoms with van der Waals surface area (Å²) >= 11 is 1.86. The summed E-state index contributed by atoms with van der Waals surface area (Å²) in [6, 6.07) is 8.73. The smallest absolute Gasteiger partial charge is 0.0346 e. The minimum absolute atomic E-state index is 0.905. The van der Waals surface area contributed by atoms with Gasteiger partial charge in [-0.05, 0) is 53.6 Å². The molecule has 0 aliphatic heterocycles. The quantitative estimate of drug-likeness (QED) is 0.796. The molecule has 1 aliphatic carbocycles. The average Bonchev–Trinajstić information content (AvgIpc) is 2.92. The first kappa shape index (κ1) is 14.1. The van der Waals surface area contributed by atoms with E-state index in [0.717, 1.165) is 18.4 Å². The van der Waals surface area contributed by atoms with E-state index in [2.05, 4.69) is 41.9 Å². The summed E-state index contributed by atoms with van der Waals surface area (Å²) in [5.74, 6) is 1.91. The van der Waals surface area contributed by atoms with Crippen LogP contribution in [0.4, 0.5) is 0 Å². The van der Waals surface area contributed by atoms with Gasteiger partial charge >= 0.3 is 0 Å². The van der Waals surface area contributed by atoms with Gasteiger partial charge in [-0.25, -0.2) is 0 Å². The lowest BCUT2D eigenvalue weighted by Crippen LogP contribution is -2.26. The first-order valence-electron chi connectivity index (χ1n) is 8.02. The van der Waals surface area contributed by atoms with Gasteiger partial charge in [0, 0.05) is 11.2 Å². The lowest BCUT2D eigenvalue weighted by Gasteiger charge is -2.27. The van der Waals surface area contributed by atoms with E-state index in [0.29, 0.717) is 0 Å². The molecule has 108 valence electrons. The zero-order valence-electron chi connectivity index (χ0n) is 12.4. The molecule has 20 heavy (non-hydrogen) atoms. The van der Waals surface area contributed by atoms with Crippen LogP contribution >= 0.6 is 11.3 Å². The summed E-state index contributed by atoms with van der Waals surface area (Å²) in [5, 5.41) is 7.43. The molecule has 0 bridgehead atoms. The van der Waals surface area contributed by atoms with Crippen LogP contribution in [-0.4, -0.2) is 6.54 Å². The maximum Gasteiger partial charge on any atom is 0.0346 e. The Kier molecular flexibility index (Phi) is 4.74. The minimum Gasteiger partial charge on any atom is -0.312 e. The highest BCUT2D eigenvalue weighted by Gasteiger charge is 2.19. The molecule has 1 nitrogen and oxygen atoms in total. The normalized spacial score (nSPS) is 23.2. The van der Waals surface area contributed by atoms with Crippen LogP contribution in [0.5, 0.6) is 0 Å². The number of thiophene rings is 1. The number of rotatable bonds is 5. The lowest BCUT2D eigenvalue weighted by atomic mass is 9.81. The molecule has 1 N–H and O–H groups in total. The number of nitrogens with one attached hydrogen (secondary N) is 1. The van der Waals surface area contributed by atoms with Crippen LogP contribution in [0.1, 0.15) is 44.6 Å². The third-order valence-corrected chi connectivity index (χ3v) is 5.87. The molecule has 1 aliphatic rings. The molecule has 1 aromatic carbocycles. The standard InChI is InChI=1S/C18H25NS/c1-2-14-7-9-15(10-8-14)11-19-12-16-13-20-18-6-4-3-5-17(16)18/h3-6,13-15,19H,2,7-12H2,1H3. The summed E-state index contributed by atoms with van der Waals surface area (Å²) in [4.78, 5) is 0. The van der Waals surface area contributed by atoms with E-state index < -0.39 is 0 Å². The van der Waals surface area contributed by atoms with Crippen LogP contribution in [0.3, 0.4) is 0 Å². The predicted octanol–water partition coefficient (Wildman–Crippen LogP) is 5.21. The first-order chi connectivity index (χ1) is 9.86. The zero-order chi connectivity index (χ0) is 13.8. The number of hydrogen-bond acceptors (Lipinski definition) is 2. The zero-order valence-corrected chi connectivity index (χ0v) is 13.2. The molecule has 1 heterocycles. The van der Waals surface area contributed by atoms with Crippen molar-refractivity contribution in [2.75, 3.05) is 6.54 Å². The molecule has 1 aromatic heterocycles. The van der Waals surface area contributed by atoms with E-state index in [1.807, 2.05) is 11.3 Å². The molecule has 0 atom stereocenters. The maximum absolute atomic E-state index is 3.69. The van der Waals surface area contributed by atoms with Crippen LogP contribution in [0.15, 0.2) is 29.6 Å². The highest BCUT2D eigenvalue weighted by molar-refractivity contribution is 7.17. The molecule has 3 rings (SSSR count). The van der Waals surface area contributed by atoms with Crippen LogP contribution in [0, 0.1) is 11.8 Å². The third-order valence-electron chi connectivity index (χ3n) is 4.85. The summed E-state index contributed by atoms with van der Waals surface area (Å²) in [6.45, 7) is 4.56. The molecule has 1 fully saturated rings. The Morgan fingerprint density at radius 2 is 1.85 bits per heavy atom. The third kappa shape index (κ3) is 3.24. The second-order valence-corrected chi connectivity index (χ2v) is 7.09. The van der Waals surface area contributed by atoms with Gasteiger partial charge in [0.25, 0.3) is 0 Å². The summed E-state index contributed by atoms with van der Waals surface area (Å²) in [5.41, 5.74) is 1.47. The van der Waals surface area contributed by atoms with Crippen molar-refractivity contribution in [3.05, 3.63) is 35.2 Å². The minimum atomic E-state index is 0.905. The Bertz CT molecular complexity index is 537. The number of fused-ring (bicyclic) bond motifs is 1. The fourth-order valence-electron chi connectivity index (χ4n) is 3.42. The predicted molar refractivity (Wildman–Crippen MR) is 89.3 cm³/mol. The van der Waals surface area contributed by atoms with E-state index in [4.69, 9.17) is 0 Å². The van der Waals surface area contributed by atoms with Crippen LogP contribution in [0.2, 0.25) is 0 Å². The van der Waals surface area contributed by atoms with Gasteiger partial charge in [0.05, 0.1) is 0 Å². The lowest BCUT2D eigenvalue weighted by molar-refractivity contribution is 0.262. The fraction of sp³-hybridized carbons (Fsp3) is 0.556. The van der Waals surface area contributed by atoms with Crippen LogP contribution < -0.4 is 5.32 Å². The van der Waals surface area contributed by atoms with Crippen LogP contribution in [-0.2, 0) is 6.54 Å². The summed E-state index contributed by atoms with van der Waals surface area (Å²) < 4.78 is 1.41. The molecule has 0 radical (unpaired) electrons. The fourth-order valence-corrected chi connectivity index (χ4v) is 4.39. The van der Waals surface area contributed by atoms with E-state index in [-0.39, 0.29) is 0 Å². The van der Waals surface area contributed by atoms with Crippen molar-refractivity contribution >= 4 is 21.4 Å². The van der Waals surface area contributed by atoms with Gasteiger partial charge in [0.1, 0.15) is 0 Å². The van der Waals surface area contributed by atoms with Crippen LogP contribution in [0.25, 0.3) is 10.1 Å². The van der Waals surface area contributed by atoms with E-state index in [9.17, 15) is 0 Å². The Hall–Kier alpha value is -0.860. The number of hydrogen-bond donors (Lipinski definition) is 1. The molecule has 0 spiro atoms. The van der Waals surface area contributed by atoms with E-state index >= 15 is 0 Å². The van der Waals surface area contributed by atoms with Crippen molar-refractivity contribution in [2.24, 2.45) is 11.8 Å². The van der Waals surface area contributed by atoms with Gasteiger partial charge < -0.3 is 5.32 Å². The largest absolute Gasteiger partial charge is 0.312 e. The molecule has 2 heteroatoms. The molecular weight excluding hydrogens is 262 g/mol.